The van der Waals surface area contributed by atoms with Crippen molar-refractivity contribution < 1.29 is 0 Å². The zero-order valence-electron chi connectivity index (χ0n) is 7.32. The fraction of sp³-hybridized carbons (Fsp3) is 0.818. The van der Waals surface area contributed by atoms with Crippen LogP contribution in [0, 0.1) is 23.7 Å². The van der Waals surface area contributed by atoms with Crippen LogP contribution in [0.3, 0.4) is 0 Å². The molecule has 0 spiro atoms. The van der Waals surface area contributed by atoms with Crippen LogP contribution in [0.25, 0.3) is 0 Å². The quantitative estimate of drug-likeness (QED) is 0.430. The summed E-state index contributed by atoms with van der Waals surface area (Å²) in [7, 11) is 0. The van der Waals surface area contributed by atoms with Crippen molar-refractivity contribution in [2.24, 2.45) is 23.7 Å². The number of allylic oxidation sites excluding steroid dienone is 2. The Morgan fingerprint density at radius 2 is 1.67 bits per heavy atom. The van der Waals surface area contributed by atoms with Gasteiger partial charge in [0.2, 0.25) is 0 Å². The van der Waals surface area contributed by atoms with Gasteiger partial charge in [-0.3, -0.25) is 0 Å². The maximum atomic E-state index is 4.69. The van der Waals surface area contributed by atoms with E-state index in [2.05, 4.69) is 12.2 Å². The predicted molar refractivity (Wildman–Crippen MR) is 54.3 cm³/mol. The molecule has 1 heteroatoms. The monoisotopic (exact) mass is 180 g/mol. The van der Waals surface area contributed by atoms with Gasteiger partial charge in [-0.05, 0) is 49.4 Å². The summed E-state index contributed by atoms with van der Waals surface area (Å²) in [5.41, 5.74) is 0. The van der Waals surface area contributed by atoms with E-state index in [1.54, 1.807) is 0 Å². The molecule has 66 valence electrons. The standard InChI is InChI=1S/C11H16S/c12-11-6-7-5-10(11)9-4-2-1-3-8(7)9/h1-2,7-12H,3-6H2. The van der Waals surface area contributed by atoms with Gasteiger partial charge in [0, 0.05) is 5.25 Å². The highest BCUT2D eigenvalue weighted by atomic mass is 32.1. The molecule has 3 aliphatic rings. The van der Waals surface area contributed by atoms with Gasteiger partial charge in [-0.15, -0.1) is 0 Å². The van der Waals surface area contributed by atoms with E-state index in [4.69, 9.17) is 12.6 Å². The highest BCUT2D eigenvalue weighted by molar-refractivity contribution is 7.81. The van der Waals surface area contributed by atoms with E-state index in [0.717, 1.165) is 28.9 Å². The van der Waals surface area contributed by atoms with Gasteiger partial charge in [0.15, 0.2) is 0 Å². The van der Waals surface area contributed by atoms with Crippen molar-refractivity contribution in [2.75, 3.05) is 0 Å². The lowest BCUT2D eigenvalue weighted by Gasteiger charge is -2.35. The highest BCUT2D eigenvalue weighted by Gasteiger charge is 2.50. The van der Waals surface area contributed by atoms with Gasteiger partial charge in [0.25, 0.3) is 0 Å². The average Bonchev–Trinajstić information content (AvgIpc) is 2.62. The molecule has 2 fully saturated rings. The summed E-state index contributed by atoms with van der Waals surface area (Å²) < 4.78 is 0. The molecule has 0 aliphatic heterocycles. The minimum atomic E-state index is 0.739. The molecule has 0 heterocycles. The first-order valence-corrected chi connectivity index (χ1v) is 5.71. The Morgan fingerprint density at radius 3 is 2.50 bits per heavy atom. The maximum absolute atomic E-state index is 4.69. The van der Waals surface area contributed by atoms with Crippen molar-refractivity contribution in [3.8, 4) is 0 Å². The third-order valence-corrected chi connectivity index (χ3v) is 4.90. The summed E-state index contributed by atoms with van der Waals surface area (Å²) in [4.78, 5) is 0. The normalized spacial score (nSPS) is 55.9. The molecule has 0 nitrogen and oxygen atoms in total. The van der Waals surface area contributed by atoms with Crippen LogP contribution in [0.4, 0.5) is 0 Å². The number of thiol groups is 1. The van der Waals surface area contributed by atoms with Gasteiger partial charge in [0.05, 0.1) is 0 Å². The topological polar surface area (TPSA) is 0 Å². The van der Waals surface area contributed by atoms with Gasteiger partial charge >= 0.3 is 0 Å². The predicted octanol–water partition coefficient (Wildman–Crippen LogP) is 2.91. The molecule has 0 amide bonds. The molecular formula is C11H16S. The molecule has 12 heavy (non-hydrogen) atoms. The second-order valence-corrected chi connectivity index (χ2v) is 5.40. The molecule has 0 N–H and O–H groups in total. The van der Waals surface area contributed by atoms with Crippen LogP contribution in [0.2, 0.25) is 0 Å². The Hall–Kier alpha value is 0.0900. The second kappa shape index (κ2) is 2.54. The number of rotatable bonds is 0. The van der Waals surface area contributed by atoms with Gasteiger partial charge in [-0.25, -0.2) is 0 Å². The zero-order valence-corrected chi connectivity index (χ0v) is 8.21. The summed E-state index contributed by atoms with van der Waals surface area (Å²) in [5, 5.41) is 0.739. The zero-order chi connectivity index (χ0) is 8.13. The SMILES string of the molecule is SC1CC2CC1C1CC=CCC21. The number of hydrogen-bond acceptors (Lipinski definition) is 1. The fourth-order valence-electron chi connectivity index (χ4n) is 3.79. The first-order chi connectivity index (χ1) is 5.86. The lowest BCUT2D eigenvalue weighted by molar-refractivity contribution is 0.222. The molecular weight excluding hydrogens is 164 g/mol. The summed E-state index contributed by atoms with van der Waals surface area (Å²) >= 11 is 4.69. The minimum absolute atomic E-state index is 0.739. The number of fused-ring (bicyclic) bond motifs is 5. The van der Waals surface area contributed by atoms with E-state index in [1.807, 2.05) is 0 Å². The maximum Gasteiger partial charge on any atom is 0.00507 e. The van der Waals surface area contributed by atoms with Crippen LogP contribution in [0.1, 0.15) is 25.7 Å². The van der Waals surface area contributed by atoms with Crippen LogP contribution in [0.15, 0.2) is 12.2 Å². The Morgan fingerprint density at radius 1 is 0.917 bits per heavy atom. The summed E-state index contributed by atoms with van der Waals surface area (Å²) in [6, 6.07) is 0. The van der Waals surface area contributed by atoms with Crippen molar-refractivity contribution >= 4 is 12.6 Å². The van der Waals surface area contributed by atoms with Crippen molar-refractivity contribution in [3.05, 3.63) is 12.2 Å². The highest BCUT2D eigenvalue weighted by Crippen LogP contribution is 2.57. The Labute approximate surface area is 79.8 Å². The first kappa shape index (κ1) is 7.49. The van der Waals surface area contributed by atoms with Crippen LogP contribution >= 0.6 is 12.6 Å². The van der Waals surface area contributed by atoms with Crippen molar-refractivity contribution in [2.45, 2.75) is 30.9 Å². The number of hydrogen-bond donors (Lipinski definition) is 1. The van der Waals surface area contributed by atoms with Crippen molar-refractivity contribution in [3.63, 3.8) is 0 Å². The van der Waals surface area contributed by atoms with Crippen LogP contribution < -0.4 is 0 Å². The van der Waals surface area contributed by atoms with Gasteiger partial charge < -0.3 is 0 Å². The molecule has 2 bridgehead atoms. The van der Waals surface area contributed by atoms with E-state index < -0.39 is 0 Å². The molecule has 0 saturated heterocycles. The van der Waals surface area contributed by atoms with Gasteiger partial charge in [-0.2, -0.15) is 12.6 Å². The molecule has 3 rings (SSSR count). The van der Waals surface area contributed by atoms with E-state index in [-0.39, 0.29) is 0 Å². The lowest BCUT2D eigenvalue weighted by Crippen LogP contribution is -2.29. The van der Waals surface area contributed by atoms with E-state index in [9.17, 15) is 0 Å². The van der Waals surface area contributed by atoms with Crippen LogP contribution in [-0.2, 0) is 0 Å². The summed E-state index contributed by atoms with van der Waals surface area (Å²) in [6.07, 6.45) is 10.4. The fourth-order valence-corrected chi connectivity index (χ4v) is 4.40. The summed E-state index contributed by atoms with van der Waals surface area (Å²) in [6.45, 7) is 0. The molecule has 2 saturated carbocycles. The second-order valence-electron chi connectivity index (χ2n) is 4.73. The van der Waals surface area contributed by atoms with Crippen LogP contribution in [0.5, 0.6) is 0 Å². The molecule has 5 atom stereocenters. The first-order valence-electron chi connectivity index (χ1n) is 5.19. The Balaban J connectivity index is 1.89. The van der Waals surface area contributed by atoms with E-state index >= 15 is 0 Å². The minimum Gasteiger partial charge on any atom is -0.176 e. The van der Waals surface area contributed by atoms with Gasteiger partial charge in [0.1, 0.15) is 0 Å². The third-order valence-electron chi connectivity index (χ3n) is 4.30. The molecule has 0 aromatic rings. The molecule has 3 aliphatic carbocycles. The summed E-state index contributed by atoms with van der Waals surface area (Å²) in [5.74, 6) is 4.06. The lowest BCUT2D eigenvalue weighted by atomic mass is 9.73. The van der Waals surface area contributed by atoms with Crippen LogP contribution in [-0.4, -0.2) is 5.25 Å². The molecule has 0 radical (unpaired) electrons. The molecule has 0 aromatic carbocycles. The largest absolute Gasteiger partial charge is 0.176 e. The van der Waals surface area contributed by atoms with E-state index in [0.29, 0.717) is 0 Å². The van der Waals surface area contributed by atoms with Crippen molar-refractivity contribution in [1.29, 1.82) is 0 Å². The third kappa shape index (κ3) is 0.863. The molecule has 0 aromatic heterocycles. The van der Waals surface area contributed by atoms with E-state index in [1.165, 1.54) is 25.7 Å². The smallest absolute Gasteiger partial charge is 0.00507 e. The Bertz CT molecular complexity index is 221. The Kier molecular flexibility index (Phi) is 1.58. The van der Waals surface area contributed by atoms with Gasteiger partial charge in [-0.1, -0.05) is 12.2 Å². The average molecular weight is 180 g/mol. The van der Waals surface area contributed by atoms with Crippen molar-refractivity contribution in [1.82, 2.24) is 0 Å². The molecule has 5 unspecified atom stereocenters.